The van der Waals surface area contributed by atoms with Crippen molar-refractivity contribution in [2.45, 2.75) is 26.9 Å². The Morgan fingerprint density at radius 2 is 2.00 bits per heavy atom. The summed E-state index contributed by atoms with van der Waals surface area (Å²) in [5.41, 5.74) is 0.217. The molecule has 1 unspecified atom stereocenters. The molecule has 0 aromatic heterocycles. The van der Waals surface area contributed by atoms with Crippen molar-refractivity contribution >= 4 is 0 Å². The van der Waals surface area contributed by atoms with Gasteiger partial charge in [0.25, 0.3) is 0 Å². The van der Waals surface area contributed by atoms with Crippen LogP contribution in [0.2, 0.25) is 0 Å². The van der Waals surface area contributed by atoms with E-state index in [1.165, 1.54) is 0 Å². The van der Waals surface area contributed by atoms with Gasteiger partial charge in [0.2, 0.25) is 0 Å². The fraction of sp³-hybridized carbons (Fsp3) is 1.00. The first-order chi connectivity index (χ1) is 7.37. The summed E-state index contributed by atoms with van der Waals surface area (Å²) in [7, 11) is 4.15. The molecular weight excluding hydrogens is 204 g/mol. The maximum absolute atomic E-state index is 9.56. The Balaban J connectivity index is 3.63. The Morgan fingerprint density at radius 1 is 1.38 bits per heavy atom. The Morgan fingerprint density at radius 3 is 2.50 bits per heavy atom. The van der Waals surface area contributed by atoms with Crippen LogP contribution in [0.25, 0.3) is 0 Å². The molecule has 0 fully saturated rings. The molecule has 0 radical (unpaired) electrons. The SMILES string of the molecule is CCOCC(O)CNCC(C)(C)CN(C)C. The normalized spacial score (nSPS) is 14.4. The maximum Gasteiger partial charge on any atom is 0.0897 e. The highest BCUT2D eigenvalue weighted by atomic mass is 16.5. The Bertz CT molecular complexity index is 172. The van der Waals surface area contributed by atoms with Crippen LogP contribution in [0.5, 0.6) is 0 Å². The number of rotatable bonds is 9. The Labute approximate surface area is 100.0 Å². The quantitative estimate of drug-likeness (QED) is 0.610. The van der Waals surface area contributed by atoms with E-state index >= 15 is 0 Å². The van der Waals surface area contributed by atoms with E-state index in [9.17, 15) is 5.11 Å². The lowest BCUT2D eigenvalue weighted by molar-refractivity contribution is 0.0413. The number of aliphatic hydroxyl groups excluding tert-OH is 1. The van der Waals surface area contributed by atoms with E-state index in [-0.39, 0.29) is 5.41 Å². The molecule has 0 aliphatic rings. The van der Waals surface area contributed by atoms with Gasteiger partial charge in [-0.1, -0.05) is 13.8 Å². The van der Waals surface area contributed by atoms with Crippen molar-refractivity contribution in [3.63, 3.8) is 0 Å². The van der Waals surface area contributed by atoms with Crippen LogP contribution in [0, 0.1) is 5.41 Å². The zero-order valence-corrected chi connectivity index (χ0v) is 11.4. The number of ether oxygens (including phenoxy) is 1. The third-order valence-corrected chi connectivity index (χ3v) is 2.24. The van der Waals surface area contributed by atoms with E-state index < -0.39 is 6.10 Å². The summed E-state index contributed by atoms with van der Waals surface area (Å²) in [5.74, 6) is 0. The van der Waals surface area contributed by atoms with E-state index in [4.69, 9.17) is 4.74 Å². The monoisotopic (exact) mass is 232 g/mol. The average molecular weight is 232 g/mol. The third-order valence-electron chi connectivity index (χ3n) is 2.24. The van der Waals surface area contributed by atoms with Gasteiger partial charge in [0.15, 0.2) is 0 Å². The van der Waals surface area contributed by atoms with Crippen LogP contribution in [0.4, 0.5) is 0 Å². The molecule has 0 bridgehead atoms. The topological polar surface area (TPSA) is 44.7 Å². The van der Waals surface area contributed by atoms with Crippen LogP contribution in [0.1, 0.15) is 20.8 Å². The Hall–Kier alpha value is -0.160. The van der Waals surface area contributed by atoms with Gasteiger partial charge in [-0.2, -0.15) is 0 Å². The lowest BCUT2D eigenvalue weighted by atomic mass is 9.93. The molecule has 0 aromatic rings. The van der Waals surface area contributed by atoms with E-state index in [0.29, 0.717) is 19.8 Å². The highest BCUT2D eigenvalue weighted by Crippen LogP contribution is 2.13. The summed E-state index contributed by atoms with van der Waals surface area (Å²) in [6, 6.07) is 0. The molecule has 0 saturated carbocycles. The van der Waals surface area contributed by atoms with Gasteiger partial charge in [0, 0.05) is 26.2 Å². The molecule has 0 aliphatic carbocycles. The predicted molar refractivity (Wildman–Crippen MR) is 67.7 cm³/mol. The number of hydrogen-bond acceptors (Lipinski definition) is 4. The van der Waals surface area contributed by atoms with Crippen molar-refractivity contribution in [3.05, 3.63) is 0 Å². The highest BCUT2D eigenvalue weighted by molar-refractivity contribution is 4.74. The van der Waals surface area contributed by atoms with E-state index in [0.717, 1.165) is 13.1 Å². The van der Waals surface area contributed by atoms with Crippen molar-refractivity contribution in [1.82, 2.24) is 10.2 Å². The van der Waals surface area contributed by atoms with Gasteiger partial charge < -0.3 is 20.1 Å². The number of aliphatic hydroxyl groups is 1. The van der Waals surface area contributed by atoms with Crippen molar-refractivity contribution in [2.75, 3.05) is 46.9 Å². The van der Waals surface area contributed by atoms with Crippen molar-refractivity contribution < 1.29 is 9.84 Å². The maximum atomic E-state index is 9.56. The Kier molecular flexibility index (Phi) is 7.93. The third kappa shape index (κ3) is 9.09. The largest absolute Gasteiger partial charge is 0.389 e. The second kappa shape index (κ2) is 8.01. The fourth-order valence-corrected chi connectivity index (χ4v) is 1.80. The summed E-state index contributed by atoms with van der Waals surface area (Å²) in [6.07, 6.45) is -0.407. The molecular formula is C12H28N2O2. The number of hydrogen-bond donors (Lipinski definition) is 2. The van der Waals surface area contributed by atoms with Gasteiger partial charge >= 0.3 is 0 Å². The minimum atomic E-state index is -0.407. The summed E-state index contributed by atoms with van der Waals surface area (Å²) < 4.78 is 5.14. The molecule has 4 nitrogen and oxygen atoms in total. The van der Waals surface area contributed by atoms with E-state index in [1.807, 2.05) is 6.92 Å². The number of nitrogens with one attached hydrogen (secondary N) is 1. The van der Waals surface area contributed by atoms with Gasteiger partial charge in [0.1, 0.15) is 0 Å². The first-order valence-electron chi connectivity index (χ1n) is 5.98. The lowest BCUT2D eigenvalue weighted by Gasteiger charge is -2.29. The zero-order chi connectivity index (χ0) is 12.6. The minimum Gasteiger partial charge on any atom is -0.389 e. The van der Waals surface area contributed by atoms with Crippen molar-refractivity contribution in [1.29, 1.82) is 0 Å². The van der Waals surface area contributed by atoms with Crippen LogP contribution in [0.15, 0.2) is 0 Å². The highest BCUT2D eigenvalue weighted by Gasteiger charge is 2.18. The summed E-state index contributed by atoms with van der Waals surface area (Å²) in [6.45, 7) is 9.96. The molecule has 2 N–H and O–H groups in total. The molecule has 98 valence electrons. The molecule has 0 rings (SSSR count). The van der Waals surface area contributed by atoms with Crippen LogP contribution < -0.4 is 5.32 Å². The van der Waals surface area contributed by atoms with Crippen molar-refractivity contribution in [2.24, 2.45) is 5.41 Å². The van der Waals surface area contributed by atoms with Crippen LogP contribution in [0.3, 0.4) is 0 Å². The fourth-order valence-electron chi connectivity index (χ4n) is 1.80. The average Bonchev–Trinajstić information content (AvgIpc) is 2.12. The standard InChI is InChI=1S/C12H28N2O2/c1-6-16-8-11(15)7-13-9-12(2,3)10-14(4)5/h11,13,15H,6-10H2,1-5H3. The first-order valence-corrected chi connectivity index (χ1v) is 5.98. The predicted octanol–water partition coefficient (Wildman–Crippen LogP) is 0.561. The van der Waals surface area contributed by atoms with Crippen LogP contribution >= 0.6 is 0 Å². The first kappa shape index (κ1) is 15.8. The lowest BCUT2D eigenvalue weighted by Crippen LogP contribution is -2.40. The molecule has 4 heteroatoms. The van der Waals surface area contributed by atoms with Gasteiger partial charge in [-0.05, 0) is 26.4 Å². The minimum absolute atomic E-state index is 0.217. The van der Waals surface area contributed by atoms with Crippen molar-refractivity contribution in [3.8, 4) is 0 Å². The van der Waals surface area contributed by atoms with Gasteiger partial charge in [-0.3, -0.25) is 0 Å². The van der Waals surface area contributed by atoms with E-state index in [1.54, 1.807) is 0 Å². The van der Waals surface area contributed by atoms with Crippen LogP contribution in [-0.4, -0.2) is 63.1 Å². The number of nitrogens with zero attached hydrogens (tertiary/aromatic N) is 1. The molecule has 0 saturated heterocycles. The summed E-state index contributed by atoms with van der Waals surface area (Å²) in [5, 5.41) is 12.8. The molecule has 0 aromatic carbocycles. The van der Waals surface area contributed by atoms with E-state index in [2.05, 4.69) is 38.2 Å². The smallest absolute Gasteiger partial charge is 0.0897 e. The zero-order valence-electron chi connectivity index (χ0n) is 11.4. The van der Waals surface area contributed by atoms with Crippen LogP contribution in [-0.2, 0) is 4.74 Å². The van der Waals surface area contributed by atoms with Gasteiger partial charge in [-0.25, -0.2) is 0 Å². The molecule has 0 heterocycles. The summed E-state index contributed by atoms with van der Waals surface area (Å²) >= 11 is 0. The van der Waals surface area contributed by atoms with Gasteiger partial charge in [-0.15, -0.1) is 0 Å². The molecule has 0 amide bonds. The van der Waals surface area contributed by atoms with Gasteiger partial charge in [0.05, 0.1) is 12.7 Å². The molecule has 16 heavy (non-hydrogen) atoms. The second-order valence-electron chi connectivity index (χ2n) is 5.35. The second-order valence-corrected chi connectivity index (χ2v) is 5.35. The summed E-state index contributed by atoms with van der Waals surface area (Å²) in [4.78, 5) is 2.18. The molecule has 0 spiro atoms. The molecule has 0 aliphatic heterocycles. The molecule has 1 atom stereocenters.